The number of carboxylic acids is 1. The highest BCUT2D eigenvalue weighted by atomic mass is 16.5. The van der Waals surface area contributed by atoms with Crippen LogP contribution in [0.25, 0.3) is 10.9 Å². The molecule has 0 spiro atoms. The van der Waals surface area contributed by atoms with Crippen LogP contribution in [0, 0.1) is 17.3 Å². The van der Waals surface area contributed by atoms with Crippen LogP contribution in [0.3, 0.4) is 0 Å². The Labute approximate surface area is 185 Å². The number of aliphatic carboxylic acids is 1. The van der Waals surface area contributed by atoms with Gasteiger partial charge in [-0.25, -0.2) is 4.98 Å². The van der Waals surface area contributed by atoms with Crippen molar-refractivity contribution in [3.8, 4) is 5.88 Å². The maximum absolute atomic E-state index is 11.1. The van der Waals surface area contributed by atoms with E-state index in [2.05, 4.69) is 49.9 Å². The molecule has 1 aromatic heterocycles. The second kappa shape index (κ2) is 9.15. The second-order valence-electron chi connectivity index (χ2n) is 10.5. The van der Waals surface area contributed by atoms with Gasteiger partial charge >= 0.3 is 5.97 Å². The number of nitrogens with zero attached hydrogens (tertiary/aromatic N) is 2. The molecule has 0 atom stereocenters. The van der Waals surface area contributed by atoms with Gasteiger partial charge in [0.25, 0.3) is 0 Å². The normalized spacial score (nSPS) is 23.7. The molecule has 5 nitrogen and oxygen atoms in total. The van der Waals surface area contributed by atoms with Crippen molar-refractivity contribution in [2.75, 3.05) is 13.1 Å². The van der Waals surface area contributed by atoms with Crippen molar-refractivity contribution in [2.24, 2.45) is 17.3 Å². The van der Waals surface area contributed by atoms with Crippen LogP contribution >= 0.6 is 0 Å². The molecule has 1 aliphatic carbocycles. The summed E-state index contributed by atoms with van der Waals surface area (Å²) < 4.78 is 6.24. The quantitative estimate of drug-likeness (QED) is 0.685. The van der Waals surface area contributed by atoms with Crippen LogP contribution in [0.2, 0.25) is 0 Å². The number of carbonyl (C=O) groups is 1. The number of hydrogen-bond acceptors (Lipinski definition) is 4. The number of hydrogen-bond donors (Lipinski definition) is 1. The van der Waals surface area contributed by atoms with Gasteiger partial charge in [-0.05, 0) is 86.7 Å². The molecular weight excluding hydrogens is 388 g/mol. The van der Waals surface area contributed by atoms with Gasteiger partial charge in [0.05, 0.1) is 11.4 Å². The molecule has 168 valence electrons. The minimum absolute atomic E-state index is 0.181. The van der Waals surface area contributed by atoms with E-state index in [1.165, 1.54) is 18.4 Å². The van der Waals surface area contributed by atoms with E-state index in [0.717, 1.165) is 68.0 Å². The zero-order valence-electron chi connectivity index (χ0n) is 19.1. The fourth-order valence-electron chi connectivity index (χ4n) is 5.13. The lowest BCUT2D eigenvalue weighted by Crippen LogP contribution is -2.35. The Morgan fingerprint density at radius 3 is 2.42 bits per heavy atom. The summed E-state index contributed by atoms with van der Waals surface area (Å²) in [6, 6.07) is 10.5. The van der Waals surface area contributed by atoms with Crippen LogP contribution in [0.4, 0.5) is 0 Å². The molecule has 5 heteroatoms. The van der Waals surface area contributed by atoms with Gasteiger partial charge < -0.3 is 9.84 Å². The maximum atomic E-state index is 11.1. The van der Waals surface area contributed by atoms with Crippen molar-refractivity contribution in [1.29, 1.82) is 0 Å². The van der Waals surface area contributed by atoms with Gasteiger partial charge in [0.2, 0.25) is 5.88 Å². The SMILES string of the molecule is CC(C)(C)C1CCC(Oc2ccc3cc(CN4CCC(C(=O)O)CC4)ccc3n2)CC1. The van der Waals surface area contributed by atoms with Gasteiger partial charge in [-0.1, -0.05) is 26.8 Å². The molecule has 2 fully saturated rings. The van der Waals surface area contributed by atoms with E-state index in [0.29, 0.717) is 5.41 Å². The number of benzene rings is 1. The fourth-order valence-corrected chi connectivity index (χ4v) is 5.13. The Hall–Kier alpha value is -2.14. The first-order valence-electron chi connectivity index (χ1n) is 11.8. The standard InChI is InChI=1S/C26H36N2O3/c1-26(2,3)21-6-8-22(9-7-21)31-24-11-5-20-16-18(4-10-23(20)27-24)17-28-14-12-19(13-15-28)25(29)30/h4-5,10-11,16,19,21-22H,6-9,12-15,17H2,1-3H3,(H,29,30). The first kappa shape index (κ1) is 22.1. The van der Waals surface area contributed by atoms with Crippen molar-refractivity contribution in [3.05, 3.63) is 35.9 Å². The highest BCUT2D eigenvalue weighted by molar-refractivity contribution is 5.79. The van der Waals surface area contributed by atoms with Crippen molar-refractivity contribution >= 4 is 16.9 Å². The van der Waals surface area contributed by atoms with Gasteiger partial charge in [-0.2, -0.15) is 0 Å². The van der Waals surface area contributed by atoms with Crippen LogP contribution < -0.4 is 4.74 Å². The second-order valence-corrected chi connectivity index (χ2v) is 10.5. The Balaban J connectivity index is 1.34. The lowest BCUT2D eigenvalue weighted by molar-refractivity contribution is -0.143. The fraction of sp³-hybridized carbons (Fsp3) is 0.615. The predicted octanol–water partition coefficient (Wildman–Crippen LogP) is 5.52. The first-order chi connectivity index (χ1) is 14.8. The molecule has 2 heterocycles. The lowest BCUT2D eigenvalue weighted by Gasteiger charge is -2.36. The van der Waals surface area contributed by atoms with E-state index in [1.807, 2.05) is 6.07 Å². The minimum Gasteiger partial charge on any atom is -0.481 e. The highest BCUT2D eigenvalue weighted by Crippen LogP contribution is 2.38. The van der Waals surface area contributed by atoms with Crippen LogP contribution in [-0.4, -0.2) is 40.2 Å². The number of ether oxygens (including phenoxy) is 1. The van der Waals surface area contributed by atoms with E-state index in [1.54, 1.807) is 0 Å². The summed E-state index contributed by atoms with van der Waals surface area (Å²) in [7, 11) is 0. The Kier molecular flexibility index (Phi) is 6.52. The van der Waals surface area contributed by atoms with E-state index in [-0.39, 0.29) is 12.0 Å². The molecule has 1 saturated carbocycles. The smallest absolute Gasteiger partial charge is 0.306 e. The van der Waals surface area contributed by atoms with Crippen molar-refractivity contribution in [2.45, 2.75) is 71.9 Å². The first-order valence-corrected chi connectivity index (χ1v) is 11.8. The number of piperidine rings is 1. The Morgan fingerprint density at radius 1 is 1.06 bits per heavy atom. The van der Waals surface area contributed by atoms with Gasteiger partial charge in [-0.3, -0.25) is 9.69 Å². The molecule has 1 saturated heterocycles. The average molecular weight is 425 g/mol. The average Bonchev–Trinajstić information content (AvgIpc) is 2.74. The summed E-state index contributed by atoms with van der Waals surface area (Å²) >= 11 is 0. The van der Waals surface area contributed by atoms with Crippen LogP contribution in [0.1, 0.15) is 64.9 Å². The van der Waals surface area contributed by atoms with Crippen LogP contribution in [-0.2, 0) is 11.3 Å². The number of fused-ring (bicyclic) bond motifs is 1. The summed E-state index contributed by atoms with van der Waals surface area (Å²) in [5, 5.41) is 10.3. The Bertz CT molecular complexity index is 904. The number of likely N-dealkylation sites (tertiary alicyclic amines) is 1. The molecule has 0 unspecified atom stereocenters. The molecule has 1 N–H and O–H groups in total. The zero-order chi connectivity index (χ0) is 22.0. The largest absolute Gasteiger partial charge is 0.481 e. The molecule has 1 aliphatic heterocycles. The number of rotatable bonds is 5. The van der Waals surface area contributed by atoms with Crippen molar-refractivity contribution in [1.82, 2.24) is 9.88 Å². The number of pyridine rings is 1. The van der Waals surface area contributed by atoms with Gasteiger partial charge in [0.1, 0.15) is 6.10 Å². The third-order valence-corrected chi connectivity index (χ3v) is 7.26. The number of aromatic nitrogens is 1. The summed E-state index contributed by atoms with van der Waals surface area (Å²) in [6.07, 6.45) is 6.43. The zero-order valence-corrected chi connectivity index (χ0v) is 19.1. The lowest BCUT2D eigenvalue weighted by atomic mass is 9.72. The van der Waals surface area contributed by atoms with E-state index < -0.39 is 5.97 Å². The molecule has 2 aromatic rings. The summed E-state index contributed by atoms with van der Waals surface area (Å²) in [5.41, 5.74) is 2.60. The maximum Gasteiger partial charge on any atom is 0.306 e. The minimum atomic E-state index is -0.656. The molecule has 4 rings (SSSR count). The third-order valence-electron chi connectivity index (χ3n) is 7.26. The highest BCUT2D eigenvalue weighted by Gasteiger charge is 2.30. The summed E-state index contributed by atoms with van der Waals surface area (Å²) in [5.74, 6) is 0.677. The molecule has 2 aliphatic rings. The molecule has 0 radical (unpaired) electrons. The Morgan fingerprint density at radius 2 is 1.77 bits per heavy atom. The van der Waals surface area contributed by atoms with E-state index >= 15 is 0 Å². The molecular formula is C26H36N2O3. The predicted molar refractivity (Wildman–Crippen MR) is 123 cm³/mol. The monoisotopic (exact) mass is 424 g/mol. The van der Waals surface area contributed by atoms with E-state index in [4.69, 9.17) is 14.8 Å². The molecule has 1 aromatic carbocycles. The van der Waals surface area contributed by atoms with E-state index in [9.17, 15) is 4.79 Å². The van der Waals surface area contributed by atoms with Crippen LogP contribution in [0.15, 0.2) is 30.3 Å². The number of carboxylic acid groups (broad SMARTS) is 1. The van der Waals surface area contributed by atoms with Gasteiger partial charge in [0.15, 0.2) is 0 Å². The molecule has 0 bridgehead atoms. The molecule has 31 heavy (non-hydrogen) atoms. The summed E-state index contributed by atoms with van der Waals surface area (Å²) in [6.45, 7) is 9.58. The van der Waals surface area contributed by atoms with Crippen molar-refractivity contribution in [3.63, 3.8) is 0 Å². The van der Waals surface area contributed by atoms with Gasteiger partial charge in [-0.15, -0.1) is 0 Å². The van der Waals surface area contributed by atoms with Crippen molar-refractivity contribution < 1.29 is 14.6 Å². The topological polar surface area (TPSA) is 62.7 Å². The molecule has 0 amide bonds. The third kappa shape index (κ3) is 5.57. The summed E-state index contributed by atoms with van der Waals surface area (Å²) in [4.78, 5) is 18.2. The van der Waals surface area contributed by atoms with Crippen LogP contribution in [0.5, 0.6) is 5.88 Å². The van der Waals surface area contributed by atoms with Gasteiger partial charge in [0, 0.05) is 18.0 Å².